The Morgan fingerprint density at radius 3 is 2.75 bits per heavy atom. The van der Waals surface area contributed by atoms with Gasteiger partial charge in [-0.2, -0.15) is 4.98 Å². The van der Waals surface area contributed by atoms with Gasteiger partial charge in [-0.25, -0.2) is 0 Å². The van der Waals surface area contributed by atoms with Crippen LogP contribution in [0, 0.1) is 0 Å². The summed E-state index contributed by atoms with van der Waals surface area (Å²) in [6.07, 6.45) is 0. The monoisotopic (exact) mass is 224 g/mol. The smallest absolute Gasteiger partial charge is 0.214 e. The van der Waals surface area contributed by atoms with Crippen molar-refractivity contribution in [2.45, 2.75) is 26.4 Å². The molecule has 1 aromatic rings. The molecule has 16 heavy (non-hydrogen) atoms. The number of nitrogens with one attached hydrogen (secondary N) is 1. The molecule has 0 unspecified atom stereocenters. The topological polar surface area (TPSA) is 43.4 Å². The van der Waals surface area contributed by atoms with E-state index in [0.29, 0.717) is 19.0 Å². The van der Waals surface area contributed by atoms with Gasteiger partial charge >= 0.3 is 0 Å². The van der Waals surface area contributed by atoms with Gasteiger partial charge in [-0.3, -0.25) is 0 Å². The van der Waals surface area contributed by atoms with Crippen LogP contribution < -0.4 is 10.1 Å². The van der Waals surface area contributed by atoms with E-state index in [-0.39, 0.29) is 5.60 Å². The zero-order valence-corrected chi connectivity index (χ0v) is 10.4. The zero-order chi connectivity index (χ0) is 12.0. The Kier molecular flexibility index (Phi) is 4.55. The molecule has 0 amide bonds. The van der Waals surface area contributed by atoms with E-state index in [1.165, 1.54) is 0 Å². The fourth-order valence-electron chi connectivity index (χ4n) is 1.37. The third kappa shape index (κ3) is 4.06. The van der Waals surface area contributed by atoms with E-state index < -0.39 is 0 Å². The van der Waals surface area contributed by atoms with Crippen LogP contribution in [0.3, 0.4) is 0 Å². The van der Waals surface area contributed by atoms with E-state index in [1.807, 2.05) is 39.0 Å². The Morgan fingerprint density at radius 1 is 1.38 bits per heavy atom. The van der Waals surface area contributed by atoms with E-state index in [9.17, 15) is 0 Å². The van der Waals surface area contributed by atoms with Crippen molar-refractivity contribution in [1.29, 1.82) is 0 Å². The first-order chi connectivity index (χ1) is 7.57. The van der Waals surface area contributed by atoms with Crippen molar-refractivity contribution in [3.05, 3.63) is 18.2 Å². The highest BCUT2D eigenvalue weighted by molar-refractivity contribution is 5.37. The molecule has 0 spiro atoms. The Morgan fingerprint density at radius 2 is 2.12 bits per heavy atom. The summed E-state index contributed by atoms with van der Waals surface area (Å²) in [5.41, 5.74) is -0.195. The van der Waals surface area contributed by atoms with Crippen molar-refractivity contribution >= 4 is 5.82 Å². The molecule has 0 aromatic carbocycles. The lowest BCUT2D eigenvalue weighted by Crippen LogP contribution is -2.33. The van der Waals surface area contributed by atoms with E-state index in [0.717, 1.165) is 5.82 Å². The number of nitrogens with zero attached hydrogens (tertiary/aromatic N) is 1. The summed E-state index contributed by atoms with van der Waals surface area (Å²) in [4.78, 5) is 4.27. The molecule has 0 atom stereocenters. The van der Waals surface area contributed by atoms with Crippen LogP contribution in [-0.4, -0.2) is 30.8 Å². The number of anilines is 1. The highest BCUT2D eigenvalue weighted by Gasteiger charge is 2.17. The van der Waals surface area contributed by atoms with Crippen LogP contribution in [-0.2, 0) is 4.74 Å². The average molecular weight is 224 g/mol. The fraction of sp³-hybridized carbons (Fsp3) is 0.583. The molecule has 90 valence electrons. The normalized spacial score (nSPS) is 11.2. The first-order valence-corrected chi connectivity index (χ1v) is 5.46. The summed E-state index contributed by atoms with van der Waals surface area (Å²) in [5.74, 6) is 1.41. The standard InChI is InChI=1S/C12H20N2O2/c1-5-16-12(2,3)9-13-10-7-6-8-11(14-10)15-4/h6-8H,5,9H2,1-4H3,(H,13,14). The minimum atomic E-state index is -0.195. The lowest BCUT2D eigenvalue weighted by atomic mass is 10.1. The van der Waals surface area contributed by atoms with Crippen molar-refractivity contribution in [2.75, 3.05) is 25.6 Å². The molecule has 0 radical (unpaired) electrons. The highest BCUT2D eigenvalue weighted by atomic mass is 16.5. The van der Waals surface area contributed by atoms with Crippen molar-refractivity contribution in [3.8, 4) is 5.88 Å². The SMILES string of the molecule is CCOC(C)(C)CNc1cccc(OC)n1. The molecule has 0 saturated heterocycles. The average Bonchev–Trinajstić information content (AvgIpc) is 2.27. The van der Waals surface area contributed by atoms with Gasteiger partial charge in [-0.1, -0.05) is 6.07 Å². The summed E-state index contributed by atoms with van der Waals surface area (Å²) < 4.78 is 10.6. The van der Waals surface area contributed by atoms with Crippen molar-refractivity contribution in [3.63, 3.8) is 0 Å². The number of ether oxygens (including phenoxy) is 2. The zero-order valence-electron chi connectivity index (χ0n) is 10.4. The van der Waals surface area contributed by atoms with E-state index >= 15 is 0 Å². The number of methoxy groups -OCH3 is 1. The van der Waals surface area contributed by atoms with Gasteiger partial charge in [0.2, 0.25) is 5.88 Å². The molecule has 0 aliphatic heterocycles. The number of hydrogen-bond donors (Lipinski definition) is 1. The maximum atomic E-state index is 5.59. The molecule has 1 aromatic heterocycles. The number of aromatic nitrogens is 1. The molecular weight excluding hydrogens is 204 g/mol. The minimum Gasteiger partial charge on any atom is -0.481 e. The largest absolute Gasteiger partial charge is 0.481 e. The lowest BCUT2D eigenvalue weighted by Gasteiger charge is -2.25. The summed E-state index contributed by atoms with van der Waals surface area (Å²) in [7, 11) is 1.61. The van der Waals surface area contributed by atoms with Crippen molar-refractivity contribution in [2.24, 2.45) is 0 Å². The van der Waals surface area contributed by atoms with Gasteiger partial charge in [0.25, 0.3) is 0 Å². The molecule has 4 nitrogen and oxygen atoms in total. The van der Waals surface area contributed by atoms with Crippen LogP contribution in [0.2, 0.25) is 0 Å². The Balaban J connectivity index is 2.53. The molecule has 1 heterocycles. The van der Waals surface area contributed by atoms with E-state index in [4.69, 9.17) is 9.47 Å². The van der Waals surface area contributed by atoms with Gasteiger partial charge < -0.3 is 14.8 Å². The van der Waals surface area contributed by atoms with Crippen LogP contribution >= 0.6 is 0 Å². The first-order valence-electron chi connectivity index (χ1n) is 5.46. The molecular formula is C12H20N2O2. The minimum absolute atomic E-state index is 0.195. The second-order valence-corrected chi connectivity index (χ2v) is 4.11. The third-order valence-corrected chi connectivity index (χ3v) is 2.16. The van der Waals surface area contributed by atoms with Gasteiger partial charge in [0.15, 0.2) is 0 Å². The van der Waals surface area contributed by atoms with Crippen LogP contribution in [0.4, 0.5) is 5.82 Å². The molecule has 0 saturated carbocycles. The quantitative estimate of drug-likeness (QED) is 0.805. The van der Waals surface area contributed by atoms with E-state index in [2.05, 4.69) is 10.3 Å². The highest BCUT2D eigenvalue weighted by Crippen LogP contribution is 2.13. The molecule has 1 rings (SSSR count). The second-order valence-electron chi connectivity index (χ2n) is 4.11. The maximum Gasteiger partial charge on any atom is 0.214 e. The predicted octanol–water partition coefficient (Wildman–Crippen LogP) is 2.32. The molecule has 1 N–H and O–H groups in total. The third-order valence-electron chi connectivity index (χ3n) is 2.16. The second kappa shape index (κ2) is 5.70. The Hall–Kier alpha value is -1.29. The number of rotatable bonds is 6. The summed E-state index contributed by atoms with van der Waals surface area (Å²) in [6.45, 7) is 7.50. The number of hydrogen-bond acceptors (Lipinski definition) is 4. The Bertz CT molecular complexity index is 327. The fourth-order valence-corrected chi connectivity index (χ4v) is 1.37. The summed E-state index contributed by atoms with van der Waals surface area (Å²) in [6, 6.07) is 5.63. The Labute approximate surface area is 97.0 Å². The van der Waals surface area contributed by atoms with Gasteiger partial charge in [0.1, 0.15) is 5.82 Å². The maximum absolute atomic E-state index is 5.59. The van der Waals surface area contributed by atoms with Crippen LogP contribution in [0.25, 0.3) is 0 Å². The molecule has 0 bridgehead atoms. The van der Waals surface area contributed by atoms with Gasteiger partial charge in [0.05, 0.1) is 12.7 Å². The van der Waals surface area contributed by atoms with E-state index in [1.54, 1.807) is 7.11 Å². The first kappa shape index (κ1) is 12.8. The molecule has 0 aliphatic rings. The predicted molar refractivity (Wildman–Crippen MR) is 65.0 cm³/mol. The lowest BCUT2D eigenvalue weighted by molar-refractivity contribution is 0.000635. The van der Waals surface area contributed by atoms with Crippen molar-refractivity contribution in [1.82, 2.24) is 4.98 Å². The summed E-state index contributed by atoms with van der Waals surface area (Å²) >= 11 is 0. The van der Waals surface area contributed by atoms with Gasteiger partial charge in [-0.05, 0) is 26.8 Å². The summed E-state index contributed by atoms with van der Waals surface area (Å²) in [5, 5.41) is 3.23. The van der Waals surface area contributed by atoms with Crippen LogP contribution in [0.1, 0.15) is 20.8 Å². The van der Waals surface area contributed by atoms with Crippen molar-refractivity contribution < 1.29 is 9.47 Å². The van der Waals surface area contributed by atoms with Crippen LogP contribution in [0.5, 0.6) is 5.88 Å². The number of pyridine rings is 1. The van der Waals surface area contributed by atoms with Crippen LogP contribution in [0.15, 0.2) is 18.2 Å². The van der Waals surface area contributed by atoms with Gasteiger partial charge in [0, 0.05) is 19.2 Å². The molecule has 0 aliphatic carbocycles. The van der Waals surface area contributed by atoms with Gasteiger partial charge in [-0.15, -0.1) is 0 Å². The molecule has 4 heteroatoms. The molecule has 0 fully saturated rings.